The highest BCUT2D eigenvalue weighted by molar-refractivity contribution is 6.16. The average Bonchev–Trinajstić information content (AvgIpc) is 3.33. The number of aromatic nitrogens is 1. The fourth-order valence-corrected chi connectivity index (χ4v) is 5.27. The third kappa shape index (κ3) is 5.43. The molecule has 2 aliphatic rings. The van der Waals surface area contributed by atoms with Crippen molar-refractivity contribution in [3.05, 3.63) is 78.4 Å². The lowest BCUT2D eigenvalue weighted by Gasteiger charge is -2.36. The monoisotopic (exact) mass is 541 g/mol. The average molecular weight is 542 g/mol. The maximum Gasteiger partial charge on any atom is 0.513 e. The maximum absolute atomic E-state index is 13.8. The van der Waals surface area contributed by atoms with E-state index in [9.17, 15) is 9.59 Å². The molecule has 1 atom stereocenters. The standard InChI is InChI=1S/C31H31N3O6/c1-31(2)38-20-23(40-31)19-37-30(36)39-22-9-7-8-21(18-22)33-14-16-34(17-15-33)29(35)28-24-10-3-5-12-26(24)32-27-13-6-4-11-25(27)28/h3-13,18,23H,14-17,19-20H2,1-2H3. The molecule has 6 rings (SSSR count). The van der Waals surface area contributed by atoms with Gasteiger partial charge in [0.1, 0.15) is 18.5 Å². The first kappa shape index (κ1) is 26.0. The molecule has 0 bridgehead atoms. The molecule has 4 aromatic rings. The molecular weight excluding hydrogens is 510 g/mol. The summed E-state index contributed by atoms with van der Waals surface area (Å²) in [6.45, 7) is 6.47. The van der Waals surface area contributed by atoms with Gasteiger partial charge in [0, 0.05) is 48.7 Å². The van der Waals surface area contributed by atoms with E-state index in [-0.39, 0.29) is 18.6 Å². The highest BCUT2D eigenvalue weighted by Gasteiger charge is 2.33. The summed E-state index contributed by atoms with van der Waals surface area (Å²) in [7, 11) is 0. The van der Waals surface area contributed by atoms with Crippen LogP contribution in [0.1, 0.15) is 24.2 Å². The summed E-state index contributed by atoms with van der Waals surface area (Å²) in [6.07, 6.45) is -1.12. The first-order chi connectivity index (χ1) is 19.4. The molecule has 206 valence electrons. The minimum absolute atomic E-state index is 0.00862. The van der Waals surface area contributed by atoms with Gasteiger partial charge in [-0.25, -0.2) is 9.78 Å². The first-order valence-corrected chi connectivity index (χ1v) is 13.4. The van der Waals surface area contributed by atoms with E-state index >= 15 is 0 Å². The lowest BCUT2D eigenvalue weighted by Crippen LogP contribution is -2.48. The summed E-state index contributed by atoms with van der Waals surface area (Å²) < 4.78 is 21.8. The van der Waals surface area contributed by atoms with E-state index in [1.54, 1.807) is 12.1 Å². The predicted octanol–water partition coefficient (Wildman–Crippen LogP) is 5.02. The number of ether oxygens (including phenoxy) is 4. The summed E-state index contributed by atoms with van der Waals surface area (Å²) in [5.74, 6) is -0.283. The van der Waals surface area contributed by atoms with Crippen LogP contribution in [0.3, 0.4) is 0 Å². The molecule has 2 fully saturated rings. The number of para-hydroxylation sites is 2. The van der Waals surface area contributed by atoms with Crippen LogP contribution in [0, 0.1) is 0 Å². The van der Waals surface area contributed by atoms with Crippen LogP contribution >= 0.6 is 0 Å². The Labute approximate surface area is 232 Å². The SMILES string of the molecule is CC1(C)OCC(COC(=O)Oc2cccc(N3CCN(C(=O)c4c5ccccc5nc5ccccc45)CC3)c2)O1. The largest absolute Gasteiger partial charge is 0.513 e. The van der Waals surface area contributed by atoms with Gasteiger partial charge in [0.05, 0.1) is 23.2 Å². The highest BCUT2D eigenvalue weighted by atomic mass is 16.8. The number of carbonyl (C=O) groups is 2. The number of carbonyl (C=O) groups excluding carboxylic acids is 2. The van der Waals surface area contributed by atoms with Crippen molar-refractivity contribution in [2.45, 2.75) is 25.7 Å². The minimum Gasteiger partial charge on any atom is -0.431 e. The van der Waals surface area contributed by atoms with Gasteiger partial charge in [-0.2, -0.15) is 0 Å². The molecule has 3 aromatic carbocycles. The molecule has 0 N–H and O–H groups in total. The molecule has 1 amide bonds. The molecular formula is C31H31N3O6. The van der Waals surface area contributed by atoms with Gasteiger partial charge < -0.3 is 28.7 Å². The molecule has 0 aliphatic carbocycles. The Bertz CT molecular complexity index is 1510. The van der Waals surface area contributed by atoms with Crippen LogP contribution in [0.2, 0.25) is 0 Å². The summed E-state index contributed by atoms with van der Waals surface area (Å²) >= 11 is 0. The topological polar surface area (TPSA) is 90.4 Å². The fraction of sp³-hybridized carbons (Fsp3) is 0.323. The zero-order chi connectivity index (χ0) is 27.7. The molecule has 0 spiro atoms. The van der Waals surface area contributed by atoms with Crippen LogP contribution in [0.15, 0.2) is 72.8 Å². The Morgan fingerprint density at radius 2 is 1.60 bits per heavy atom. The zero-order valence-electron chi connectivity index (χ0n) is 22.5. The van der Waals surface area contributed by atoms with Gasteiger partial charge in [-0.1, -0.05) is 42.5 Å². The third-order valence-corrected chi connectivity index (χ3v) is 7.21. The molecule has 1 unspecified atom stereocenters. The maximum atomic E-state index is 13.8. The molecule has 2 saturated heterocycles. The van der Waals surface area contributed by atoms with E-state index in [4.69, 9.17) is 23.9 Å². The van der Waals surface area contributed by atoms with Gasteiger partial charge in [-0.05, 0) is 38.1 Å². The number of fused-ring (bicyclic) bond motifs is 2. The Morgan fingerprint density at radius 3 is 2.25 bits per heavy atom. The summed E-state index contributed by atoms with van der Waals surface area (Å²) in [5, 5.41) is 1.72. The molecule has 9 nitrogen and oxygen atoms in total. The molecule has 3 heterocycles. The van der Waals surface area contributed by atoms with Crippen molar-refractivity contribution in [3.8, 4) is 5.75 Å². The number of benzene rings is 3. The number of pyridine rings is 1. The lowest BCUT2D eigenvalue weighted by atomic mass is 10.0. The van der Waals surface area contributed by atoms with Gasteiger partial charge in [-0.3, -0.25) is 4.79 Å². The third-order valence-electron chi connectivity index (χ3n) is 7.21. The number of hydrogen-bond acceptors (Lipinski definition) is 8. The summed E-state index contributed by atoms with van der Waals surface area (Å²) in [5.41, 5.74) is 3.23. The number of anilines is 1. The number of amides is 1. The van der Waals surface area contributed by atoms with Crippen LogP contribution in [0.25, 0.3) is 21.8 Å². The van der Waals surface area contributed by atoms with Gasteiger partial charge in [0.2, 0.25) is 0 Å². The first-order valence-electron chi connectivity index (χ1n) is 13.4. The van der Waals surface area contributed by atoms with Crippen molar-refractivity contribution in [2.24, 2.45) is 0 Å². The van der Waals surface area contributed by atoms with Gasteiger partial charge in [-0.15, -0.1) is 0 Å². The predicted molar refractivity (Wildman–Crippen MR) is 151 cm³/mol. The molecule has 40 heavy (non-hydrogen) atoms. The number of nitrogens with zero attached hydrogens (tertiary/aromatic N) is 3. The molecule has 0 radical (unpaired) electrons. The molecule has 0 saturated carbocycles. The second-order valence-electron chi connectivity index (χ2n) is 10.4. The lowest BCUT2D eigenvalue weighted by molar-refractivity contribution is -0.143. The Hall–Kier alpha value is -4.21. The normalized spacial score (nSPS) is 18.7. The quantitative estimate of drug-likeness (QED) is 0.198. The second-order valence-corrected chi connectivity index (χ2v) is 10.4. The van der Waals surface area contributed by atoms with Crippen LogP contribution in [-0.4, -0.2) is 73.2 Å². The molecule has 1 aromatic heterocycles. The Balaban J connectivity index is 1.10. The van der Waals surface area contributed by atoms with Crippen LogP contribution in [0.4, 0.5) is 10.5 Å². The van der Waals surface area contributed by atoms with Gasteiger partial charge in [0.25, 0.3) is 5.91 Å². The van der Waals surface area contributed by atoms with E-state index in [2.05, 4.69) is 4.90 Å². The summed E-state index contributed by atoms with van der Waals surface area (Å²) in [4.78, 5) is 34.9. The Morgan fingerprint density at radius 1 is 0.925 bits per heavy atom. The number of piperazine rings is 1. The van der Waals surface area contributed by atoms with E-state index in [1.165, 1.54) is 0 Å². The van der Waals surface area contributed by atoms with Crippen molar-refractivity contribution in [3.63, 3.8) is 0 Å². The van der Waals surface area contributed by atoms with Crippen molar-refractivity contribution >= 4 is 39.6 Å². The number of hydrogen-bond donors (Lipinski definition) is 0. The zero-order valence-corrected chi connectivity index (χ0v) is 22.5. The van der Waals surface area contributed by atoms with E-state index in [0.717, 1.165) is 27.5 Å². The molecule has 2 aliphatic heterocycles. The van der Waals surface area contributed by atoms with E-state index < -0.39 is 11.9 Å². The van der Waals surface area contributed by atoms with Crippen molar-refractivity contribution in [1.29, 1.82) is 0 Å². The number of rotatable bonds is 5. The van der Waals surface area contributed by atoms with E-state index in [0.29, 0.717) is 44.1 Å². The fourth-order valence-electron chi connectivity index (χ4n) is 5.27. The van der Waals surface area contributed by atoms with Crippen molar-refractivity contribution in [1.82, 2.24) is 9.88 Å². The van der Waals surface area contributed by atoms with Gasteiger partial charge in [0.15, 0.2) is 5.79 Å². The van der Waals surface area contributed by atoms with Crippen LogP contribution in [0.5, 0.6) is 5.75 Å². The van der Waals surface area contributed by atoms with Crippen LogP contribution in [-0.2, 0) is 14.2 Å². The van der Waals surface area contributed by atoms with Crippen LogP contribution < -0.4 is 9.64 Å². The van der Waals surface area contributed by atoms with Crippen molar-refractivity contribution in [2.75, 3.05) is 44.3 Å². The second kappa shape index (κ2) is 10.7. The van der Waals surface area contributed by atoms with E-state index in [1.807, 2.05) is 79.4 Å². The van der Waals surface area contributed by atoms with Crippen molar-refractivity contribution < 1.29 is 28.5 Å². The Kier molecular flexibility index (Phi) is 7.00. The summed E-state index contributed by atoms with van der Waals surface area (Å²) in [6, 6.07) is 22.9. The minimum atomic E-state index is -0.794. The van der Waals surface area contributed by atoms with Gasteiger partial charge >= 0.3 is 6.16 Å². The molecule has 9 heteroatoms. The smallest absolute Gasteiger partial charge is 0.431 e. The highest BCUT2D eigenvalue weighted by Crippen LogP contribution is 2.29.